The topological polar surface area (TPSA) is 130 Å². The van der Waals surface area contributed by atoms with E-state index >= 15 is 0 Å². The van der Waals surface area contributed by atoms with Gasteiger partial charge in [-0.3, -0.25) is 14.3 Å². The van der Waals surface area contributed by atoms with Crippen molar-refractivity contribution in [3.63, 3.8) is 0 Å². The smallest absolute Gasteiger partial charge is 0.330 e. The van der Waals surface area contributed by atoms with Crippen LogP contribution in [0.3, 0.4) is 0 Å². The second-order valence-electron chi connectivity index (χ2n) is 4.64. The number of nitrogens with one attached hydrogen (secondary N) is 2. The van der Waals surface area contributed by atoms with Crippen molar-refractivity contribution < 1.29 is 22.7 Å². The van der Waals surface area contributed by atoms with E-state index in [0.29, 0.717) is 0 Å². The highest BCUT2D eigenvalue weighted by Crippen LogP contribution is 2.30. The van der Waals surface area contributed by atoms with Gasteiger partial charge in [0.2, 0.25) is 10.0 Å². The summed E-state index contributed by atoms with van der Waals surface area (Å²) in [4.78, 5) is 24.5. The van der Waals surface area contributed by atoms with Gasteiger partial charge in [-0.25, -0.2) is 22.3 Å². The molecule has 9 nitrogen and oxygen atoms in total. The third-order valence-electron chi connectivity index (χ3n) is 2.97. The van der Waals surface area contributed by atoms with E-state index in [9.17, 15) is 27.5 Å². The quantitative estimate of drug-likeness (QED) is 0.570. The number of aromatic amines is 1. The number of ether oxygens (including phenoxy) is 1. The zero-order valence-electron chi connectivity index (χ0n) is 10.9. The molecule has 0 saturated carbocycles. The van der Waals surface area contributed by atoms with E-state index in [-0.39, 0.29) is 6.54 Å². The van der Waals surface area contributed by atoms with Crippen LogP contribution < -0.4 is 16.0 Å². The zero-order valence-corrected chi connectivity index (χ0v) is 11.7. The Hall–Kier alpha value is -1.56. The van der Waals surface area contributed by atoms with Gasteiger partial charge in [-0.2, -0.15) is 0 Å². The number of sulfonamides is 1. The second-order valence-corrected chi connectivity index (χ2v) is 6.47. The van der Waals surface area contributed by atoms with Crippen LogP contribution in [-0.2, 0) is 14.8 Å². The highest BCUT2D eigenvalue weighted by Gasteiger charge is 2.45. The van der Waals surface area contributed by atoms with Crippen LogP contribution in [0.15, 0.2) is 21.9 Å². The molecule has 2 heterocycles. The van der Waals surface area contributed by atoms with Gasteiger partial charge in [-0.1, -0.05) is 0 Å². The minimum absolute atomic E-state index is 0.338. The highest BCUT2D eigenvalue weighted by molar-refractivity contribution is 7.88. The highest BCUT2D eigenvalue weighted by atomic mass is 32.2. The maximum absolute atomic E-state index is 14.0. The van der Waals surface area contributed by atoms with Gasteiger partial charge in [0.15, 0.2) is 12.4 Å². The molecule has 1 aliphatic rings. The summed E-state index contributed by atoms with van der Waals surface area (Å²) in [5, 5.41) is 9.71. The Morgan fingerprint density at radius 1 is 1.52 bits per heavy atom. The van der Waals surface area contributed by atoms with Crippen LogP contribution in [0.1, 0.15) is 6.23 Å². The van der Waals surface area contributed by atoms with E-state index in [1.54, 1.807) is 0 Å². The molecule has 0 spiro atoms. The maximum Gasteiger partial charge on any atom is 0.330 e. The van der Waals surface area contributed by atoms with E-state index in [0.717, 1.165) is 23.1 Å². The molecule has 0 bridgehead atoms. The number of hydrogen-bond donors (Lipinski definition) is 3. The van der Waals surface area contributed by atoms with Crippen molar-refractivity contribution in [2.75, 3.05) is 12.8 Å². The molecule has 2 rings (SSSR count). The minimum Gasteiger partial charge on any atom is -0.387 e. The lowest BCUT2D eigenvalue weighted by atomic mass is 10.1. The van der Waals surface area contributed by atoms with E-state index in [2.05, 4.69) is 4.72 Å². The average molecular weight is 323 g/mol. The summed E-state index contributed by atoms with van der Waals surface area (Å²) in [5.41, 5.74) is -1.54. The van der Waals surface area contributed by atoms with Gasteiger partial charge in [0.1, 0.15) is 12.2 Å². The lowest BCUT2D eigenvalue weighted by Crippen LogP contribution is -2.38. The van der Waals surface area contributed by atoms with Gasteiger partial charge < -0.3 is 9.84 Å². The molecule has 0 unspecified atom stereocenters. The zero-order chi connectivity index (χ0) is 15.8. The van der Waals surface area contributed by atoms with Gasteiger partial charge in [-0.05, 0) is 0 Å². The Morgan fingerprint density at radius 2 is 2.19 bits per heavy atom. The summed E-state index contributed by atoms with van der Waals surface area (Å²) in [6.07, 6.45) is -4.21. The Bertz CT molecular complexity index is 729. The molecular formula is C10H14FN3O6S. The molecule has 0 radical (unpaired) electrons. The summed E-state index contributed by atoms with van der Waals surface area (Å²) in [5.74, 6) is 0. The molecule has 118 valence electrons. The first-order valence-electron chi connectivity index (χ1n) is 5.93. The van der Waals surface area contributed by atoms with Gasteiger partial charge in [0.25, 0.3) is 5.56 Å². The molecule has 1 aliphatic heterocycles. The van der Waals surface area contributed by atoms with Crippen molar-refractivity contribution in [2.24, 2.45) is 0 Å². The van der Waals surface area contributed by atoms with Crippen molar-refractivity contribution in [1.29, 1.82) is 0 Å². The molecule has 1 aromatic rings. The molecule has 1 fully saturated rings. The molecular weight excluding hydrogens is 309 g/mol. The molecule has 0 amide bonds. The SMILES string of the molecule is CS(=O)(=O)NC[C@H]1O[C@@H](n2ccc(=O)[nH]c2=O)[C@H](F)[C@@H]1O. The second kappa shape index (κ2) is 5.67. The van der Waals surface area contributed by atoms with Gasteiger partial charge in [0.05, 0.1) is 6.26 Å². The van der Waals surface area contributed by atoms with E-state index < -0.39 is 45.9 Å². The number of rotatable bonds is 4. The van der Waals surface area contributed by atoms with Gasteiger partial charge in [-0.15, -0.1) is 0 Å². The minimum atomic E-state index is -3.53. The van der Waals surface area contributed by atoms with Crippen LogP contribution in [0, 0.1) is 0 Å². The van der Waals surface area contributed by atoms with Crippen LogP contribution in [0.5, 0.6) is 0 Å². The normalized spacial score (nSPS) is 29.7. The number of alkyl halides is 1. The Labute approximate surface area is 118 Å². The first-order chi connectivity index (χ1) is 9.69. The fourth-order valence-corrected chi connectivity index (χ4v) is 2.42. The first kappa shape index (κ1) is 15.8. The maximum atomic E-state index is 14.0. The van der Waals surface area contributed by atoms with Gasteiger partial charge >= 0.3 is 5.69 Å². The summed E-state index contributed by atoms with van der Waals surface area (Å²) in [7, 11) is -3.53. The number of hydrogen-bond acceptors (Lipinski definition) is 6. The summed E-state index contributed by atoms with van der Waals surface area (Å²) in [6, 6.07) is 1.01. The number of aliphatic hydroxyl groups is 1. The van der Waals surface area contributed by atoms with Gasteiger partial charge in [0, 0.05) is 18.8 Å². The van der Waals surface area contributed by atoms with Crippen LogP contribution in [-0.4, -0.2) is 54.3 Å². The van der Waals surface area contributed by atoms with E-state index in [1.807, 2.05) is 4.98 Å². The third-order valence-corrected chi connectivity index (χ3v) is 3.66. The van der Waals surface area contributed by atoms with Crippen molar-refractivity contribution in [1.82, 2.24) is 14.3 Å². The summed E-state index contributed by atoms with van der Waals surface area (Å²) >= 11 is 0. The lowest BCUT2D eigenvalue weighted by Gasteiger charge is -2.15. The summed E-state index contributed by atoms with van der Waals surface area (Å²) < 4.78 is 44.0. The van der Waals surface area contributed by atoms with Crippen LogP contribution in [0.2, 0.25) is 0 Å². The molecule has 11 heteroatoms. The largest absolute Gasteiger partial charge is 0.387 e. The first-order valence-corrected chi connectivity index (χ1v) is 7.82. The fraction of sp³-hybridized carbons (Fsp3) is 0.600. The molecule has 21 heavy (non-hydrogen) atoms. The molecule has 0 aliphatic carbocycles. The van der Waals surface area contributed by atoms with Crippen LogP contribution >= 0.6 is 0 Å². The van der Waals surface area contributed by atoms with E-state index in [1.165, 1.54) is 0 Å². The van der Waals surface area contributed by atoms with Crippen molar-refractivity contribution in [2.45, 2.75) is 24.6 Å². The number of nitrogens with zero attached hydrogens (tertiary/aromatic N) is 1. The Morgan fingerprint density at radius 3 is 2.76 bits per heavy atom. The predicted molar refractivity (Wildman–Crippen MR) is 69.0 cm³/mol. The van der Waals surface area contributed by atoms with Crippen LogP contribution in [0.4, 0.5) is 4.39 Å². The standard InChI is InChI=1S/C10H14FN3O6S/c1-21(18,19)12-4-5-8(16)7(11)9(20-5)14-3-2-6(15)13-10(14)17/h2-3,5,7-9,12,16H,4H2,1H3,(H,13,15,17)/t5-,7-,8-,9-/m1/s1. The monoisotopic (exact) mass is 323 g/mol. The average Bonchev–Trinajstić information content (AvgIpc) is 2.64. The number of aromatic nitrogens is 2. The van der Waals surface area contributed by atoms with Crippen molar-refractivity contribution in [3.8, 4) is 0 Å². The number of halogens is 1. The van der Waals surface area contributed by atoms with Crippen LogP contribution in [0.25, 0.3) is 0 Å². The molecule has 1 saturated heterocycles. The molecule has 1 aromatic heterocycles. The third kappa shape index (κ3) is 3.56. The number of aliphatic hydroxyl groups excluding tert-OH is 1. The Balaban J connectivity index is 2.19. The van der Waals surface area contributed by atoms with E-state index in [4.69, 9.17) is 4.74 Å². The molecule has 3 N–H and O–H groups in total. The Kier molecular flexibility index (Phi) is 4.27. The molecule has 0 aromatic carbocycles. The number of H-pyrrole nitrogens is 1. The predicted octanol–water partition coefficient (Wildman–Crippen LogP) is -2.32. The lowest BCUT2D eigenvalue weighted by molar-refractivity contribution is -0.0239. The summed E-state index contributed by atoms with van der Waals surface area (Å²) in [6.45, 7) is -0.338. The van der Waals surface area contributed by atoms with Crippen molar-refractivity contribution >= 4 is 10.0 Å². The van der Waals surface area contributed by atoms with Crippen molar-refractivity contribution in [3.05, 3.63) is 33.1 Å². The fourth-order valence-electron chi connectivity index (χ4n) is 1.96. The molecule has 4 atom stereocenters.